The SMILES string of the molecule is O=C(O)c1ccc([O-])cc1.[Hg+]. The van der Waals surface area contributed by atoms with Gasteiger partial charge in [-0.05, 0) is 12.1 Å². The Hall–Kier alpha value is -0.575. The average molecular weight is 338 g/mol. The van der Waals surface area contributed by atoms with Crippen LogP contribution in [0.4, 0.5) is 0 Å². The third-order valence-corrected chi connectivity index (χ3v) is 1.10. The van der Waals surface area contributed by atoms with Crippen molar-refractivity contribution in [2.45, 2.75) is 0 Å². The molecular weight excluding hydrogens is 333 g/mol. The minimum Gasteiger partial charge on any atom is -0.872 e. The zero-order valence-corrected chi connectivity index (χ0v) is 11.3. The Morgan fingerprint density at radius 3 is 2.09 bits per heavy atom. The summed E-state index contributed by atoms with van der Waals surface area (Å²) in [5.41, 5.74) is 0.139. The van der Waals surface area contributed by atoms with E-state index < -0.39 is 5.97 Å². The number of carboxylic acids is 1. The summed E-state index contributed by atoms with van der Waals surface area (Å²) in [5, 5.41) is 18.8. The first-order valence-corrected chi connectivity index (χ1v) is 2.70. The van der Waals surface area contributed by atoms with Gasteiger partial charge < -0.3 is 10.2 Å². The quantitative estimate of drug-likeness (QED) is 0.757. The van der Waals surface area contributed by atoms with E-state index in [1.807, 2.05) is 0 Å². The molecule has 11 heavy (non-hydrogen) atoms. The molecule has 1 N–H and O–H groups in total. The fourth-order valence-corrected chi connectivity index (χ4v) is 0.598. The Kier molecular flexibility index (Phi) is 4.11. The molecule has 0 saturated carbocycles. The van der Waals surface area contributed by atoms with Crippen molar-refractivity contribution in [2.75, 3.05) is 0 Å². The van der Waals surface area contributed by atoms with Gasteiger partial charge in [0, 0.05) is 0 Å². The molecule has 0 heterocycles. The first kappa shape index (κ1) is 10.4. The van der Waals surface area contributed by atoms with Crippen LogP contribution in [0.25, 0.3) is 0 Å². The monoisotopic (exact) mass is 339 g/mol. The van der Waals surface area contributed by atoms with Crippen LogP contribution in [0.3, 0.4) is 0 Å². The predicted molar refractivity (Wildman–Crippen MR) is 32.8 cm³/mol. The minimum absolute atomic E-state index is 0. The normalized spacial score (nSPS) is 8.36. The van der Waals surface area contributed by atoms with Gasteiger partial charge in [0.25, 0.3) is 0 Å². The summed E-state index contributed by atoms with van der Waals surface area (Å²) in [6.07, 6.45) is 0. The van der Waals surface area contributed by atoms with Crippen LogP contribution in [0.1, 0.15) is 10.4 Å². The van der Waals surface area contributed by atoms with Crippen molar-refractivity contribution in [1.29, 1.82) is 0 Å². The molecule has 0 aliphatic carbocycles. The molecule has 0 bridgehead atoms. The standard InChI is InChI=1S/C7H6O3.Hg/c8-6-3-1-5(2-4-6)7(9)10;/h1-4,8H,(H,9,10);/q;+1/p-1. The number of carbonyl (C=O) groups is 1. The Bertz CT molecular complexity index is 242. The number of hydrogen-bond donors (Lipinski definition) is 1. The summed E-state index contributed by atoms with van der Waals surface area (Å²) in [4.78, 5) is 10.2. The van der Waals surface area contributed by atoms with Gasteiger partial charge in [0.05, 0.1) is 5.56 Å². The van der Waals surface area contributed by atoms with Crippen molar-refractivity contribution in [3.63, 3.8) is 0 Å². The number of carboxylic acid groups (broad SMARTS) is 1. The van der Waals surface area contributed by atoms with Crippen LogP contribution in [0, 0.1) is 0 Å². The van der Waals surface area contributed by atoms with E-state index in [-0.39, 0.29) is 39.0 Å². The maximum absolute atomic E-state index is 10.5. The van der Waals surface area contributed by atoms with E-state index in [4.69, 9.17) is 5.11 Å². The number of aromatic carboxylic acids is 1. The number of rotatable bonds is 1. The second kappa shape index (κ2) is 4.33. The molecule has 3 nitrogen and oxygen atoms in total. The molecule has 0 saturated heterocycles. The van der Waals surface area contributed by atoms with Crippen LogP contribution in [0.2, 0.25) is 0 Å². The Morgan fingerprint density at radius 1 is 1.27 bits per heavy atom. The average Bonchev–Trinajstić information content (AvgIpc) is 1.88. The van der Waals surface area contributed by atoms with E-state index >= 15 is 0 Å². The molecule has 1 rings (SSSR count). The van der Waals surface area contributed by atoms with Crippen LogP contribution >= 0.6 is 0 Å². The molecule has 53 valence electrons. The molecule has 4 heteroatoms. The molecule has 0 atom stereocenters. The van der Waals surface area contributed by atoms with Gasteiger partial charge in [0.1, 0.15) is 0 Å². The first-order valence-electron chi connectivity index (χ1n) is 2.70. The van der Waals surface area contributed by atoms with Crippen molar-refractivity contribution >= 4 is 5.97 Å². The summed E-state index contributed by atoms with van der Waals surface area (Å²) >= 11 is 0. The largest absolute Gasteiger partial charge is 1.00 e. The van der Waals surface area contributed by atoms with Crippen LogP contribution in [-0.4, -0.2) is 11.1 Å². The summed E-state index contributed by atoms with van der Waals surface area (Å²) in [6.45, 7) is 0. The zero-order chi connectivity index (χ0) is 7.56. The maximum atomic E-state index is 10.5. The van der Waals surface area contributed by atoms with Gasteiger partial charge in [-0.25, -0.2) is 4.79 Å². The van der Waals surface area contributed by atoms with E-state index in [9.17, 15) is 9.90 Å². The minimum atomic E-state index is -1.01. The topological polar surface area (TPSA) is 60.4 Å². The molecule has 0 amide bonds. The van der Waals surface area contributed by atoms with Gasteiger partial charge in [-0.2, -0.15) is 0 Å². The smallest absolute Gasteiger partial charge is 0.872 e. The zero-order valence-electron chi connectivity index (χ0n) is 5.78. The van der Waals surface area contributed by atoms with E-state index in [2.05, 4.69) is 0 Å². The molecule has 0 aromatic heterocycles. The van der Waals surface area contributed by atoms with Gasteiger partial charge in [0.2, 0.25) is 0 Å². The van der Waals surface area contributed by atoms with Crippen LogP contribution < -0.4 is 5.11 Å². The maximum Gasteiger partial charge on any atom is 1.00 e. The summed E-state index contributed by atoms with van der Waals surface area (Å²) in [7, 11) is 0. The Morgan fingerprint density at radius 2 is 1.73 bits per heavy atom. The Labute approximate surface area is 84.2 Å². The fourth-order valence-electron chi connectivity index (χ4n) is 0.598. The third-order valence-electron chi connectivity index (χ3n) is 1.10. The third kappa shape index (κ3) is 2.88. The van der Waals surface area contributed by atoms with E-state index in [1.54, 1.807) is 0 Å². The molecule has 0 fully saturated rings. The number of hydrogen-bond acceptors (Lipinski definition) is 2. The molecule has 0 spiro atoms. The van der Waals surface area contributed by atoms with Crippen molar-refractivity contribution in [3.8, 4) is 5.75 Å². The summed E-state index contributed by atoms with van der Waals surface area (Å²) in [5.74, 6) is -1.19. The molecule has 0 aliphatic heterocycles. The predicted octanol–water partition coefficient (Wildman–Crippen LogP) is 0.456. The van der Waals surface area contributed by atoms with E-state index in [0.29, 0.717) is 0 Å². The van der Waals surface area contributed by atoms with Crippen LogP contribution in [0.15, 0.2) is 24.3 Å². The van der Waals surface area contributed by atoms with Gasteiger partial charge in [-0.3, -0.25) is 0 Å². The molecule has 0 unspecified atom stereocenters. The molecule has 0 aliphatic rings. The molecular formula is C7H5HgO3. The fraction of sp³-hybridized carbons (Fsp3) is 0. The Balaban J connectivity index is 0.000001000. The van der Waals surface area contributed by atoms with Crippen molar-refractivity contribution in [2.24, 2.45) is 0 Å². The van der Waals surface area contributed by atoms with Gasteiger partial charge in [0.15, 0.2) is 0 Å². The van der Waals surface area contributed by atoms with Crippen LogP contribution in [-0.2, 0) is 27.7 Å². The summed E-state index contributed by atoms with van der Waals surface area (Å²) in [6, 6.07) is 5.02. The van der Waals surface area contributed by atoms with E-state index in [1.165, 1.54) is 24.3 Å². The second-order valence-electron chi connectivity index (χ2n) is 1.83. The summed E-state index contributed by atoms with van der Waals surface area (Å²) < 4.78 is 0. The van der Waals surface area contributed by atoms with Gasteiger partial charge in [-0.1, -0.05) is 12.1 Å². The van der Waals surface area contributed by atoms with Crippen molar-refractivity contribution in [1.82, 2.24) is 0 Å². The molecule has 1 aromatic carbocycles. The van der Waals surface area contributed by atoms with E-state index in [0.717, 1.165) is 0 Å². The molecule has 1 aromatic rings. The van der Waals surface area contributed by atoms with Gasteiger partial charge >= 0.3 is 33.6 Å². The van der Waals surface area contributed by atoms with Crippen LogP contribution in [0.5, 0.6) is 5.75 Å². The van der Waals surface area contributed by atoms with Gasteiger partial charge in [-0.15, -0.1) is 5.75 Å². The molecule has 1 radical (unpaired) electrons. The van der Waals surface area contributed by atoms with Crippen molar-refractivity contribution < 1.29 is 42.7 Å². The van der Waals surface area contributed by atoms with Crippen molar-refractivity contribution in [3.05, 3.63) is 29.8 Å². The first-order chi connectivity index (χ1) is 4.70. The second-order valence-corrected chi connectivity index (χ2v) is 1.83. The number of benzene rings is 1.